The van der Waals surface area contributed by atoms with Gasteiger partial charge >= 0.3 is 0 Å². The summed E-state index contributed by atoms with van der Waals surface area (Å²) in [5.74, 6) is 0. The van der Waals surface area contributed by atoms with Crippen LogP contribution in [0.2, 0.25) is 0 Å². The summed E-state index contributed by atoms with van der Waals surface area (Å²) in [5, 5.41) is 0. The average Bonchev–Trinajstić information content (AvgIpc) is 2.88. The topological polar surface area (TPSA) is 46.2 Å². The number of fused-ring (bicyclic) bond motifs is 1. The lowest BCUT2D eigenvalue weighted by atomic mass is 9.97. The first-order valence-electron chi connectivity index (χ1n) is 11.2. The van der Waals surface area contributed by atoms with Crippen molar-refractivity contribution >= 4 is 0 Å². The minimum Gasteiger partial charge on any atom is -0.368 e. The van der Waals surface area contributed by atoms with Crippen molar-refractivity contribution in [2.45, 2.75) is 50.3 Å². The third kappa shape index (κ3) is 5.32. The van der Waals surface area contributed by atoms with Gasteiger partial charge in [-0.1, -0.05) is 91.0 Å². The van der Waals surface area contributed by atoms with Gasteiger partial charge in [0, 0.05) is 5.56 Å². The fourth-order valence-electron chi connectivity index (χ4n) is 4.21. The maximum atomic E-state index is 15.2. The van der Waals surface area contributed by atoms with Crippen LogP contribution in [0.25, 0.3) is 0 Å². The summed E-state index contributed by atoms with van der Waals surface area (Å²) in [4.78, 5) is 0. The van der Waals surface area contributed by atoms with Gasteiger partial charge in [-0.2, -0.15) is 0 Å². The molecule has 0 amide bonds. The molecule has 6 heteroatoms. The van der Waals surface area contributed by atoms with Gasteiger partial charge in [0.25, 0.3) is 0 Å². The number of hydrogen-bond acceptors (Lipinski definition) is 5. The van der Waals surface area contributed by atoms with Crippen LogP contribution in [0.4, 0.5) is 4.39 Å². The zero-order valence-corrected chi connectivity index (χ0v) is 18.2. The van der Waals surface area contributed by atoms with E-state index >= 15 is 4.39 Å². The number of benzene rings is 3. The first-order chi connectivity index (χ1) is 16.3. The molecule has 0 aromatic heterocycles. The number of ether oxygens (including phenoxy) is 5. The van der Waals surface area contributed by atoms with E-state index in [2.05, 4.69) is 0 Å². The Hall–Kier alpha value is -2.61. The van der Waals surface area contributed by atoms with Gasteiger partial charge in [-0.15, -0.1) is 0 Å². The summed E-state index contributed by atoms with van der Waals surface area (Å²) in [5.41, 5.74) is 2.83. The fraction of sp³-hybridized carbons (Fsp3) is 0.333. The standard InChI is InChI=1S/C27H27FO5/c28-26-25(30-17-20-12-6-2-7-13-20)24(29-16-19-10-4-1-5-11-19)23-22(32-26)18-31-27(33-23)21-14-8-3-9-15-21/h1-15,22-27H,16-18H2/t22-,23-,24+,25+,26+,27-/m1/s1. The van der Waals surface area contributed by atoms with E-state index in [0.29, 0.717) is 6.61 Å². The average molecular weight is 451 g/mol. The molecule has 0 bridgehead atoms. The first kappa shape index (κ1) is 22.2. The van der Waals surface area contributed by atoms with Gasteiger partial charge in [0.1, 0.15) is 24.4 Å². The Morgan fingerprint density at radius 1 is 0.697 bits per heavy atom. The van der Waals surface area contributed by atoms with E-state index in [0.717, 1.165) is 16.7 Å². The molecule has 2 aliphatic heterocycles. The maximum absolute atomic E-state index is 15.2. The van der Waals surface area contributed by atoms with Crippen LogP contribution in [0, 0.1) is 0 Å². The highest BCUT2D eigenvalue weighted by atomic mass is 19.1. The fourth-order valence-corrected chi connectivity index (χ4v) is 4.21. The maximum Gasteiger partial charge on any atom is 0.228 e. The summed E-state index contributed by atoms with van der Waals surface area (Å²) in [6.45, 7) is 0.768. The molecule has 0 unspecified atom stereocenters. The molecule has 3 aromatic carbocycles. The Labute approximate surface area is 193 Å². The van der Waals surface area contributed by atoms with E-state index in [4.69, 9.17) is 23.7 Å². The van der Waals surface area contributed by atoms with Gasteiger partial charge in [0.15, 0.2) is 6.29 Å². The molecule has 172 valence electrons. The van der Waals surface area contributed by atoms with Crippen molar-refractivity contribution in [2.75, 3.05) is 6.61 Å². The van der Waals surface area contributed by atoms with E-state index in [9.17, 15) is 0 Å². The molecule has 2 fully saturated rings. The van der Waals surface area contributed by atoms with E-state index in [1.807, 2.05) is 91.0 Å². The third-order valence-electron chi connectivity index (χ3n) is 5.91. The Bertz CT molecular complexity index is 987. The first-order valence-corrected chi connectivity index (χ1v) is 11.2. The van der Waals surface area contributed by atoms with E-state index in [1.54, 1.807) is 0 Å². The van der Waals surface area contributed by atoms with Gasteiger partial charge in [0.2, 0.25) is 6.36 Å². The van der Waals surface area contributed by atoms with Gasteiger partial charge in [0.05, 0.1) is 19.8 Å². The minimum absolute atomic E-state index is 0.210. The molecule has 0 radical (unpaired) electrons. The third-order valence-corrected chi connectivity index (χ3v) is 5.91. The second-order valence-electron chi connectivity index (χ2n) is 8.22. The van der Waals surface area contributed by atoms with Crippen molar-refractivity contribution in [2.24, 2.45) is 0 Å². The largest absolute Gasteiger partial charge is 0.368 e. The zero-order valence-electron chi connectivity index (χ0n) is 18.2. The van der Waals surface area contributed by atoms with Gasteiger partial charge in [-0.25, -0.2) is 4.39 Å². The summed E-state index contributed by atoms with van der Waals surface area (Å²) < 4.78 is 45.2. The molecule has 2 aliphatic rings. The molecule has 5 nitrogen and oxygen atoms in total. The van der Waals surface area contributed by atoms with Crippen molar-refractivity contribution in [3.8, 4) is 0 Å². The lowest BCUT2D eigenvalue weighted by molar-refractivity contribution is -0.355. The Balaban J connectivity index is 1.36. The van der Waals surface area contributed by atoms with Crippen LogP contribution in [0.3, 0.4) is 0 Å². The number of alkyl halides is 1. The van der Waals surface area contributed by atoms with Crippen LogP contribution in [0.1, 0.15) is 23.0 Å². The normalized spacial score (nSPS) is 29.4. The van der Waals surface area contributed by atoms with Crippen molar-refractivity contribution in [1.82, 2.24) is 0 Å². The van der Waals surface area contributed by atoms with Crippen LogP contribution >= 0.6 is 0 Å². The summed E-state index contributed by atoms with van der Waals surface area (Å²) in [6, 6.07) is 29.1. The molecule has 0 spiro atoms. The molecule has 2 heterocycles. The van der Waals surface area contributed by atoms with Crippen LogP contribution in [0.5, 0.6) is 0 Å². The summed E-state index contributed by atoms with van der Waals surface area (Å²) in [6.07, 6.45) is -4.97. The van der Waals surface area contributed by atoms with Crippen LogP contribution in [-0.2, 0) is 36.9 Å². The molecule has 0 saturated carbocycles. The monoisotopic (exact) mass is 450 g/mol. The van der Waals surface area contributed by atoms with E-state index in [1.165, 1.54) is 0 Å². The Morgan fingerprint density at radius 2 is 1.24 bits per heavy atom. The van der Waals surface area contributed by atoms with E-state index < -0.39 is 37.1 Å². The minimum atomic E-state index is -1.66. The Morgan fingerprint density at radius 3 is 1.85 bits per heavy atom. The number of halogens is 1. The molecule has 0 aliphatic carbocycles. The highest BCUT2D eigenvalue weighted by Gasteiger charge is 2.51. The second-order valence-corrected chi connectivity index (χ2v) is 8.22. The zero-order chi connectivity index (χ0) is 22.5. The molecule has 2 saturated heterocycles. The predicted octanol–water partition coefficient (Wildman–Crippen LogP) is 4.97. The second kappa shape index (κ2) is 10.5. The molecular weight excluding hydrogens is 423 g/mol. The van der Waals surface area contributed by atoms with Crippen LogP contribution in [-0.4, -0.2) is 37.4 Å². The van der Waals surface area contributed by atoms with Gasteiger partial charge in [-0.3, -0.25) is 0 Å². The molecular formula is C27H27FO5. The molecule has 33 heavy (non-hydrogen) atoms. The van der Waals surface area contributed by atoms with Crippen molar-refractivity contribution in [3.63, 3.8) is 0 Å². The van der Waals surface area contributed by atoms with Crippen molar-refractivity contribution in [1.29, 1.82) is 0 Å². The SMILES string of the molecule is F[C@H]1O[C@@H]2CO[C@@H](c3ccccc3)O[C@H]2[C@H](OCc2ccccc2)[C@@H]1OCc1ccccc1. The highest BCUT2D eigenvalue weighted by Crippen LogP contribution is 2.37. The molecule has 3 aromatic rings. The van der Waals surface area contributed by atoms with Crippen LogP contribution in [0.15, 0.2) is 91.0 Å². The van der Waals surface area contributed by atoms with E-state index in [-0.39, 0.29) is 13.2 Å². The van der Waals surface area contributed by atoms with Crippen LogP contribution < -0.4 is 0 Å². The number of rotatable bonds is 7. The molecule has 6 atom stereocenters. The smallest absolute Gasteiger partial charge is 0.228 e. The predicted molar refractivity (Wildman–Crippen MR) is 120 cm³/mol. The van der Waals surface area contributed by atoms with Crippen molar-refractivity contribution < 1.29 is 28.1 Å². The lowest BCUT2D eigenvalue weighted by Crippen LogP contribution is -2.62. The number of hydrogen-bond donors (Lipinski definition) is 0. The van der Waals surface area contributed by atoms with Gasteiger partial charge < -0.3 is 23.7 Å². The quantitative estimate of drug-likeness (QED) is 0.509. The Kier molecular flexibility index (Phi) is 7.09. The molecule has 0 N–H and O–H groups in total. The molecule has 5 rings (SSSR count). The van der Waals surface area contributed by atoms with Crippen molar-refractivity contribution in [3.05, 3.63) is 108 Å². The lowest BCUT2D eigenvalue weighted by Gasteiger charge is -2.47. The summed E-state index contributed by atoms with van der Waals surface area (Å²) >= 11 is 0. The van der Waals surface area contributed by atoms with Gasteiger partial charge in [-0.05, 0) is 11.1 Å². The highest BCUT2D eigenvalue weighted by molar-refractivity contribution is 5.17. The summed E-state index contributed by atoms with van der Waals surface area (Å²) in [7, 11) is 0.